The molecule has 0 radical (unpaired) electrons. The van der Waals surface area contributed by atoms with Crippen LogP contribution < -0.4 is 15.4 Å². The van der Waals surface area contributed by atoms with Crippen LogP contribution in [0.1, 0.15) is 38.5 Å². The fourth-order valence-electron chi connectivity index (χ4n) is 3.84. The van der Waals surface area contributed by atoms with E-state index in [2.05, 4.69) is 22.8 Å². The second-order valence-electron chi connectivity index (χ2n) is 7.64. The van der Waals surface area contributed by atoms with Gasteiger partial charge in [0.1, 0.15) is 11.6 Å². The molecule has 0 atom stereocenters. The number of hydrogen-bond acceptors (Lipinski definition) is 5. The van der Waals surface area contributed by atoms with Gasteiger partial charge in [-0.15, -0.1) is 0 Å². The Morgan fingerprint density at radius 3 is 2.40 bits per heavy atom. The molecule has 0 amide bonds. The molecular formula is C24H27ClN4O. The lowest BCUT2D eigenvalue weighted by atomic mass is 10.1. The molecule has 2 aromatic carbocycles. The van der Waals surface area contributed by atoms with Gasteiger partial charge in [0.05, 0.1) is 17.8 Å². The summed E-state index contributed by atoms with van der Waals surface area (Å²) in [7, 11) is 1.60. The van der Waals surface area contributed by atoms with Gasteiger partial charge in [0, 0.05) is 23.4 Å². The number of rotatable bonds is 6. The van der Waals surface area contributed by atoms with Crippen LogP contribution in [0.25, 0.3) is 11.3 Å². The number of ether oxygens (including phenoxy) is 1. The molecule has 0 unspecified atom stereocenters. The number of benzene rings is 2. The van der Waals surface area contributed by atoms with Gasteiger partial charge < -0.3 is 15.4 Å². The summed E-state index contributed by atoms with van der Waals surface area (Å²) in [5.74, 6) is 2.02. The average Bonchev–Trinajstić information content (AvgIpc) is 3.03. The SMILES string of the molecule is COc1ccc(Nc2nc(NC3CCCCCC3)cc(-c3ccccc3)n2)cc1Cl. The molecule has 3 aromatic rings. The molecular weight excluding hydrogens is 396 g/mol. The lowest BCUT2D eigenvalue weighted by molar-refractivity contribution is 0.415. The van der Waals surface area contributed by atoms with Crippen molar-refractivity contribution in [3.05, 3.63) is 59.6 Å². The van der Waals surface area contributed by atoms with Crippen LogP contribution in [-0.2, 0) is 0 Å². The van der Waals surface area contributed by atoms with Crippen molar-refractivity contribution < 1.29 is 4.74 Å². The highest BCUT2D eigenvalue weighted by molar-refractivity contribution is 6.32. The number of nitrogens with zero attached hydrogens (tertiary/aromatic N) is 2. The van der Waals surface area contributed by atoms with Crippen LogP contribution in [0.3, 0.4) is 0 Å². The summed E-state index contributed by atoms with van der Waals surface area (Å²) < 4.78 is 5.24. The molecule has 30 heavy (non-hydrogen) atoms. The molecule has 0 bridgehead atoms. The Morgan fingerprint density at radius 1 is 0.933 bits per heavy atom. The topological polar surface area (TPSA) is 59.1 Å². The number of halogens is 1. The van der Waals surface area contributed by atoms with Crippen molar-refractivity contribution in [3.63, 3.8) is 0 Å². The van der Waals surface area contributed by atoms with Crippen LogP contribution in [0.15, 0.2) is 54.6 Å². The fraction of sp³-hybridized carbons (Fsp3) is 0.333. The van der Waals surface area contributed by atoms with Gasteiger partial charge in [-0.25, -0.2) is 4.98 Å². The number of anilines is 3. The van der Waals surface area contributed by atoms with Gasteiger partial charge in [-0.05, 0) is 31.0 Å². The van der Waals surface area contributed by atoms with E-state index in [1.54, 1.807) is 7.11 Å². The normalized spacial score (nSPS) is 14.7. The van der Waals surface area contributed by atoms with Gasteiger partial charge in [-0.3, -0.25) is 0 Å². The minimum absolute atomic E-state index is 0.453. The summed E-state index contributed by atoms with van der Waals surface area (Å²) in [5.41, 5.74) is 2.75. The van der Waals surface area contributed by atoms with E-state index in [-0.39, 0.29) is 0 Å². The van der Waals surface area contributed by atoms with E-state index in [1.807, 2.05) is 42.5 Å². The Bertz CT molecular complexity index is 972. The van der Waals surface area contributed by atoms with Gasteiger partial charge in [0.2, 0.25) is 5.95 Å². The molecule has 5 nitrogen and oxygen atoms in total. The molecule has 1 aromatic heterocycles. The Kier molecular flexibility index (Phi) is 6.70. The molecule has 6 heteroatoms. The van der Waals surface area contributed by atoms with E-state index in [0.29, 0.717) is 22.8 Å². The summed E-state index contributed by atoms with van der Waals surface area (Å²) in [6, 6.07) is 18.2. The molecule has 1 fully saturated rings. The molecule has 1 heterocycles. The van der Waals surface area contributed by atoms with Gasteiger partial charge >= 0.3 is 0 Å². The van der Waals surface area contributed by atoms with Crippen LogP contribution in [0.5, 0.6) is 5.75 Å². The first-order chi connectivity index (χ1) is 14.7. The van der Waals surface area contributed by atoms with Crippen LogP contribution >= 0.6 is 11.6 Å². The van der Waals surface area contributed by atoms with Crippen LogP contribution in [0.4, 0.5) is 17.5 Å². The van der Waals surface area contributed by atoms with E-state index >= 15 is 0 Å². The van der Waals surface area contributed by atoms with E-state index < -0.39 is 0 Å². The maximum atomic E-state index is 6.28. The van der Waals surface area contributed by atoms with Crippen molar-refractivity contribution in [1.29, 1.82) is 0 Å². The Morgan fingerprint density at radius 2 is 1.70 bits per heavy atom. The molecule has 0 saturated heterocycles. The van der Waals surface area contributed by atoms with Crippen molar-refractivity contribution in [1.82, 2.24) is 9.97 Å². The third-order valence-corrected chi connectivity index (χ3v) is 5.71. The summed E-state index contributed by atoms with van der Waals surface area (Å²) in [5, 5.41) is 7.48. The van der Waals surface area contributed by atoms with Crippen LogP contribution in [0.2, 0.25) is 5.02 Å². The zero-order valence-corrected chi connectivity index (χ0v) is 18.0. The van der Waals surface area contributed by atoms with Crippen molar-refractivity contribution in [2.75, 3.05) is 17.7 Å². The lowest BCUT2D eigenvalue weighted by Crippen LogP contribution is -2.19. The smallest absolute Gasteiger partial charge is 0.229 e. The van der Waals surface area contributed by atoms with Crippen molar-refractivity contribution in [2.24, 2.45) is 0 Å². The molecule has 1 aliphatic carbocycles. The molecule has 2 N–H and O–H groups in total. The van der Waals surface area contributed by atoms with Gasteiger partial charge in [-0.2, -0.15) is 4.98 Å². The highest BCUT2D eigenvalue weighted by Gasteiger charge is 2.15. The quantitative estimate of drug-likeness (QED) is 0.433. The predicted octanol–water partition coefficient (Wildman–Crippen LogP) is 6.68. The van der Waals surface area contributed by atoms with E-state index in [9.17, 15) is 0 Å². The third kappa shape index (κ3) is 5.22. The Balaban J connectivity index is 1.63. The zero-order chi connectivity index (χ0) is 20.8. The maximum Gasteiger partial charge on any atom is 0.229 e. The van der Waals surface area contributed by atoms with E-state index in [4.69, 9.17) is 26.3 Å². The lowest BCUT2D eigenvalue weighted by Gasteiger charge is -2.18. The molecule has 4 rings (SSSR count). The summed E-state index contributed by atoms with van der Waals surface area (Å²) in [6.45, 7) is 0. The standard InChI is InChI=1S/C24H27ClN4O/c1-30-22-14-13-19(15-20(22)25)27-24-28-21(17-9-5-4-6-10-17)16-23(29-24)26-18-11-7-2-3-8-12-18/h4-6,9-10,13-16,18H,2-3,7-8,11-12H2,1H3,(H2,26,27,28,29). The van der Waals surface area contributed by atoms with Gasteiger partial charge in [0.25, 0.3) is 0 Å². The molecule has 1 saturated carbocycles. The average molecular weight is 423 g/mol. The van der Waals surface area contributed by atoms with Crippen LogP contribution in [0, 0.1) is 0 Å². The number of methoxy groups -OCH3 is 1. The van der Waals surface area contributed by atoms with Gasteiger partial charge in [0.15, 0.2) is 0 Å². The highest BCUT2D eigenvalue weighted by atomic mass is 35.5. The number of aromatic nitrogens is 2. The molecule has 0 aliphatic heterocycles. The van der Waals surface area contributed by atoms with Gasteiger partial charge in [-0.1, -0.05) is 67.6 Å². The second kappa shape index (κ2) is 9.81. The minimum Gasteiger partial charge on any atom is -0.495 e. The number of nitrogens with one attached hydrogen (secondary N) is 2. The van der Waals surface area contributed by atoms with Crippen LogP contribution in [-0.4, -0.2) is 23.1 Å². The van der Waals surface area contributed by atoms with E-state index in [0.717, 1.165) is 22.8 Å². The first-order valence-electron chi connectivity index (χ1n) is 10.5. The third-order valence-electron chi connectivity index (χ3n) is 5.41. The van der Waals surface area contributed by atoms with E-state index in [1.165, 1.54) is 38.5 Å². The predicted molar refractivity (Wildman–Crippen MR) is 124 cm³/mol. The molecule has 156 valence electrons. The zero-order valence-electron chi connectivity index (χ0n) is 17.2. The molecule has 0 spiro atoms. The fourth-order valence-corrected chi connectivity index (χ4v) is 4.10. The largest absolute Gasteiger partial charge is 0.495 e. The second-order valence-corrected chi connectivity index (χ2v) is 8.04. The monoisotopic (exact) mass is 422 g/mol. The summed E-state index contributed by atoms with van der Waals surface area (Å²) in [6.07, 6.45) is 7.54. The van der Waals surface area contributed by atoms with Crippen molar-refractivity contribution >= 4 is 29.1 Å². The summed E-state index contributed by atoms with van der Waals surface area (Å²) >= 11 is 6.28. The summed E-state index contributed by atoms with van der Waals surface area (Å²) in [4.78, 5) is 9.49. The Hall–Kier alpha value is -2.79. The maximum absolute atomic E-state index is 6.28. The highest BCUT2D eigenvalue weighted by Crippen LogP contribution is 2.30. The van der Waals surface area contributed by atoms with Crippen molar-refractivity contribution in [2.45, 2.75) is 44.6 Å². The number of hydrogen-bond donors (Lipinski definition) is 2. The Labute approximate surface area is 182 Å². The molecule has 1 aliphatic rings. The minimum atomic E-state index is 0.453. The first-order valence-corrected chi connectivity index (χ1v) is 10.9. The first kappa shape index (κ1) is 20.5. The van der Waals surface area contributed by atoms with Crippen molar-refractivity contribution in [3.8, 4) is 17.0 Å².